The van der Waals surface area contributed by atoms with E-state index in [0.717, 1.165) is 31.2 Å². The van der Waals surface area contributed by atoms with Crippen molar-refractivity contribution in [1.29, 1.82) is 0 Å². The van der Waals surface area contributed by atoms with Gasteiger partial charge in [-0.1, -0.05) is 30.5 Å². The summed E-state index contributed by atoms with van der Waals surface area (Å²) in [7, 11) is -3.49. The first-order valence-electron chi connectivity index (χ1n) is 6.75. The quantitative estimate of drug-likeness (QED) is 0.898. The van der Waals surface area contributed by atoms with Crippen molar-refractivity contribution in [2.45, 2.75) is 43.5 Å². The van der Waals surface area contributed by atoms with Crippen LogP contribution in [0.15, 0.2) is 29.2 Å². The summed E-state index contributed by atoms with van der Waals surface area (Å²) in [6.07, 6.45) is 3.92. The van der Waals surface area contributed by atoms with E-state index in [4.69, 9.17) is 5.11 Å². The Morgan fingerprint density at radius 2 is 1.79 bits per heavy atom. The lowest BCUT2D eigenvalue weighted by Gasteiger charge is -2.27. The van der Waals surface area contributed by atoms with Crippen LogP contribution in [-0.4, -0.2) is 37.0 Å². The minimum absolute atomic E-state index is 0.0402. The topological polar surface area (TPSA) is 57.6 Å². The Hall–Kier alpha value is -0.910. The largest absolute Gasteiger partial charge is 0.395 e. The Bertz CT molecular complexity index is 504. The molecular formula is C14H21NO3S. The van der Waals surface area contributed by atoms with Crippen LogP contribution in [0.1, 0.15) is 31.2 Å². The van der Waals surface area contributed by atoms with E-state index in [2.05, 4.69) is 0 Å². The van der Waals surface area contributed by atoms with Crippen molar-refractivity contribution in [1.82, 2.24) is 4.31 Å². The summed E-state index contributed by atoms with van der Waals surface area (Å²) < 4.78 is 26.7. The standard InChI is InChI=1S/C14H21NO3S/c1-12-6-8-14(9-7-12)19(17,18)15(10-11-16)13-4-2-3-5-13/h6-9,13,16H,2-5,10-11H2,1H3. The highest BCUT2D eigenvalue weighted by Gasteiger charge is 2.32. The molecule has 2 rings (SSSR count). The molecule has 1 aliphatic rings. The molecule has 0 heterocycles. The van der Waals surface area contributed by atoms with Crippen LogP contribution in [0.5, 0.6) is 0 Å². The van der Waals surface area contributed by atoms with E-state index in [1.807, 2.05) is 6.92 Å². The lowest BCUT2D eigenvalue weighted by Crippen LogP contribution is -2.40. The third-order valence-electron chi connectivity index (χ3n) is 3.68. The molecule has 0 bridgehead atoms. The maximum Gasteiger partial charge on any atom is 0.243 e. The van der Waals surface area contributed by atoms with Gasteiger partial charge in [0, 0.05) is 12.6 Å². The molecular weight excluding hydrogens is 262 g/mol. The number of benzene rings is 1. The van der Waals surface area contributed by atoms with Gasteiger partial charge in [0.2, 0.25) is 10.0 Å². The molecule has 0 atom stereocenters. The second kappa shape index (κ2) is 6.03. The van der Waals surface area contributed by atoms with Gasteiger partial charge in [-0.05, 0) is 31.9 Å². The summed E-state index contributed by atoms with van der Waals surface area (Å²) in [4.78, 5) is 0.318. The zero-order valence-electron chi connectivity index (χ0n) is 11.2. The van der Waals surface area contributed by atoms with Gasteiger partial charge in [-0.15, -0.1) is 0 Å². The fraction of sp³-hybridized carbons (Fsp3) is 0.571. The maximum absolute atomic E-state index is 12.6. The fourth-order valence-electron chi connectivity index (χ4n) is 2.64. The van der Waals surface area contributed by atoms with E-state index < -0.39 is 10.0 Å². The van der Waals surface area contributed by atoms with E-state index in [9.17, 15) is 8.42 Å². The first-order valence-corrected chi connectivity index (χ1v) is 8.19. The smallest absolute Gasteiger partial charge is 0.243 e. The lowest BCUT2D eigenvalue weighted by atomic mass is 10.2. The molecule has 1 aliphatic carbocycles. The van der Waals surface area contributed by atoms with Crippen LogP contribution in [0.4, 0.5) is 0 Å². The summed E-state index contributed by atoms with van der Waals surface area (Å²) in [6, 6.07) is 6.93. The minimum Gasteiger partial charge on any atom is -0.395 e. The number of hydrogen-bond donors (Lipinski definition) is 1. The van der Waals surface area contributed by atoms with Crippen molar-refractivity contribution >= 4 is 10.0 Å². The molecule has 106 valence electrons. The van der Waals surface area contributed by atoms with Crippen LogP contribution >= 0.6 is 0 Å². The van der Waals surface area contributed by atoms with Crippen LogP contribution in [0.25, 0.3) is 0 Å². The molecule has 1 N–H and O–H groups in total. The SMILES string of the molecule is Cc1ccc(S(=O)(=O)N(CCO)C2CCCC2)cc1. The second-order valence-corrected chi connectivity index (χ2v) is 6.98. The average molecular weight is 283 g/mol. The summed E-state index contributed by atoms with van der Waals surface area (Å²) in [5, 5.41) is 9.15. The zero-order valence-corrected chi connectivity index (χ0v) is 12.1. The lowest BCUT2D eigenvalue weighted by molar-refractivity contribution is 0.226. The molecule has 0 radical (unpaired) electrons. The van der Waals surface area contributed by atoms with Crippen molar-refractivity contribution in [2.24, 2.45) is 0 Å². The average Bonchev–Trinajstić information content (AvgIpc) is 2.89. The predicted molar refractivity (Wildman–Crippen MR) is 74.4 cm³/mol. The third-order valence-corrected chi connectivity index (χ3v) is 5.65. The maximum atomic E-state index is 12.6. The zero-order chi connectivity index (χ0) is 13.9. The number of nitrogens with zero attached hydrogens (tertiary/aromatic N) is 1. The molecule has 1 saturated carbocycles. The Labute approximate surface area is 115 Å². The number of aliphatic hydroxyl groups is 1. The molecule has 5 heteroatoms. The van der Waals surface area contributed by atoms with Crippen LogP contribution in [0.2, 0.25) is 0 Å². The van der Waals surface area contributed by atoms with Gasteiger partial charge in [0.1, 0.15) is 0 Å². The Kier molecular flexibility index (Phi) is 4.60. The molecule has 19 heavy (non-hydrogen) atoms. The monoisotopic (exact) mass is 283 g/mol. The first kappa shape index (κ1) is 14.5. The van der Waals surface area contributed by atoms with Gasteiger partial charge in [-0.3, -0.25) is 0 Å². The Balaban J connectivity index is 2.30. The highest BCUT2D eigenvalue weighted by Crippen LogP contribution is 2.28. The molecule has 0 spiro atoms. The molecule has 4 nitrogen and oxygen atoms in total. The number of rotatable bonds is 5. The molecule has 1 aromatic carbocycles. The van der Waals surface area contributed by atoms with Crippen molar-refractivity contribution in [2.75, 3.05) is 13.2 Å². The molecule has 0 aliphatic heterocycles. The second-order valence-electron chi connectivity index (χ2n) is 5.09. The van der Waals surface area contributed by atoms with E-state index in [-0.39, 0.29) is 19.2 Å². The Morgan fingerprint density at radius 1 is 1.21 bits per heavy atom. The minimum atomic E-state index is -3.49. The number of sulfonamides is 1. The highest BCUT2D eigenvalue weighted by atomic mass is 32.2. The van der Waals surface area contributed by atoms with Crippen molar-refractivity contribution in [3.63, 3.8) is 0 Å². The number of aryl methyl sites for hydroxylation is 1. The van der Waals surface area contributed by atoms with E-state index in [0.29, 0.717) is 4.90 Å². The summed E-state index contributed by atoms with van der Waals surface area (Å²) >= 11 is 0. The summed E-state index contributed by atoms with van der Waals surface area (Å²) in [5.41, 5.74) is 1.04. The summed E-state index contributed by atoms with van der Waals surface area (Å²) in [6.45, 7) is 1.97. The molecule has 0 aromatic heterocycles. The third kappa shape index (κ3) is 3.16. The van der Waals surface area contributed by atoms with Crippen LogP contribution in [0, 0.1) is 6.92 Å². The molecule has 1 fully saturated rings. The summed E-state index contributed by atoms with van der Waals surface area (Å²) in [5.74, 6) is 0. The van der Waals surface area contributed by atoms with Crippen molar-refractivity contribution in [3.8, 4) is 0 Å². The van der Waals surface area contributed by atoms with Gasteiger partial charge in [-0.2, -0.15) is 4.31 Å². The Morgan fingerprint density at radius 3 is 2.32 bits per heavy atom. The normalized spacial score (nSPS) is 17.2. The van der Waals surface area contributed by atoms with Crippen LogP contribution in [0.3, 0.4) is 0 Å². The van der Waals surface area contributed by atoms with Crippen molar-refractivity contribution < 1.29 is 13.5 Å². The van der Waals surface area contributed by atoms with Gasteiger partial charge in [0.15, 0.2) is 0 Å². The molecule has 1 aromatic rings. The predicted octanol–water partition coefficient (Wildman–Crippen LogP) is 1.92. The van der Waals surface area contributed by atoms with Crippen LogP contribution in [-0.2, 0) is 10.0 Å². The van der Waals surface area contributed by atoms with Gasteiger partial charge in [0.05, 0.1) is 11.5 Å². The molecule has 0 saturated heterocycles. The van der Waals surface area contributed by atoms with Crippen molar-refractivity contribution in [3.05, 3.63) is 29.8 Å². The van der Waals surface area contributed by atoms with Gasteiger partial charge < -0.3 is 5.11 Å². The first-order chi connectivity index (χ1) is 9.05. The van der Waals surface area contributed by atoms with E-state index >= 15 is 0 Å². The van der Waals surface area contributed by atoms with E-state index in [1.54, 1.807) is 24.3 Å². The van der Waals surface area contributed by atoms with Gasteiger partial charge in [0.25, 0.3) is 0 Å². The molecule has 0 amide bonds. The fourth-order valence-corrected chi connectivity index (χ4v) is 4.31. The van der Waals surface area contributed by atoms with Crippen LogP contribution < -0.4 is 0 Å². The highest BCUT2D eigenvalue weighted by molar-refractivity contribution is 7.89. The van der Waals surface area contributed by atoms with Gasteiger partial charge in [-0.25, -0.2) is 8.42 Å². The number of hydrogen-bond acceptors (Lipinski definition) is 3. The number of aliphatic hydroxyl groups excluding tert-OH is 1. The van der Waals surface area contributed by atoms with E-state index in [1.165, 1.54) is 4.31 Å². The van der Waals surface area contributed by atoms with Gasteiger partial charge >= 0.3 is 0 Å². The molecule has 0 unspecified atom stereocenters.